The van der Waals surface area contributed by atoms with Crippen LogP contribution < -0.4 is 5.32 Å². The van der Waals surface area contributed by atoms with E-state index in [1.165, 1.54) is 7.11 Å². The van der Waals surface area contributed by atoms with Crippen LogP contribution in [0.1, 0.15) is 0 Å². The van der Waals surface area contributed by atoms with Crippen molar-refractivity contribution in [3.63, 3.8) is 0 Å². The number of rotatable bonds is 5. The number of anilines is 1. The molecule has 1 heterocycles. The molecule has 0 amide bonds. The number of nitrogens with zero attached hydrogens (tertiary/aromatic N) is 2. The van der Waals surface area contributed by atoms with Crippen LogP contribution in [0.4, 0.5) is 6.01 Å². The third-order valence-corrected chi connectivity index (χ3v) is 2.41. The van der Waals surface area contributed by atoms with Crippen LogP contribution in [0.25, 0.3) is 11.5 Å². The Morgan fingerprint density at radius 1 is 1.42 bits per heavy atom. The van der Waals surface area contributed by atoms with Gasteiger partial charge in [0.05, 0.1) is 13.7 Å². The largest absolute Gasteiger partial charge is 0.467 e. The molecular weight excluding hydrogens is 250 g/mol. The molecule has 0 aliphatic rings. The molecular formula is C12H13N3O4. The zero-order valence-corrected chi connectivity index (χ0v) is 10.2. The zero-order valence-electron chi connectivity index (χ0n) is 10.2. The van der Waals surface area contributed by atoms with Gasteiger partial charge in [0.15, 0.2) is 6.04 Å². The van der Waals surface area contributed by atoms with E-state index in [2.05, 4.69) is 20.3 Å². The average molecular weight is 263 g/mol. The van der Waals surface area contributed by atoms with Gasteiger partial charge in [-0.05, 0) is 12.1 Å². The Bertz CT molecular complexity index is 541. The predicted molar refractivity (Wildman–Crippen MR) is 66.2 cm³/mol. The summed E-state index contributed by atoms with van der Waals surface area (Å²) in [6.45, 7) is -0.435. The first-order valence-corrected chi connectivity index (χ1v) is 5.58. The summed E-state index contributed by atoms with van der Waals surface area (Å²) in [6, 6.07) is 8.31. The van der Waals surface area contributed by atoms with Gasteiger partial charge >= 0.3 is 12.0 Å². The number of hydrogen-bond donors (Lipinski definition) is 2. The molecule has 1 atom stereocenters. The highest BCUT2D eigenvalue weighted by molar-refractivity contribution is 5.78. The number of carbonyl (C=O) groups excluding carboxylic acids is 1. The molecule has 0 saturated heterocycles. The van der Waals surface area contributed by atoms with Crippen molar-refractivity contribution < 1.29 is 19.1 Å². The SMILES string of the molecule is COC(=O)[C@@H](CO)Nc1nnc(-c2ccccc2)o1. The molecule has 0 fully saturated rings. The normalized spacial score (nSPS) is 11.9. The number of nitrogens with one attached hydrogen (secondary N) is 1. The number of hydrogen-bond acceptors (Lipinski definition) is 7. The summed E-state index contributed by atoms with van der Waals surface area (Å²) >= 11 is 0. The van der Waals surface area contributed by atoms with E-state index in [1.807, 2.05) is 30.3 Å². The zero-order chi connectivity index (χ0) is 13.7. The van der Waals surface area contributed by atoms with E-state index < -0.39 is 18.6 Å². The molecule has 0 aliphatic carbocycles. The summed E-state index contributed by atoms with van der Waals surface area (Å²) in [5.41, 5.74) is 0.765. The minimum absolute atomic E-state index is 0.0447. The summed E-state index contributed by atoms with van der Waals surface area (Å²) in [4.78, 5) is 11.3. The first-order chi connectivity index (χ1) is 9.24. The lowest BCUT2D eigenvalue weighted by molar-refractivity contribution is -0.142. The second-order valence-corrected chi connectivity index (χ2v) is 3.68. The molecule has 1 aromatic heterocycles. The van der Waals surface area contributed by atoms with Crippen molar-refractivity contribution >= 4 is 12.0 Å². The van der Waals surface area contributed by atoms with Crippen LogP contribution in [0.5, 0.6) is 0 Å². The van der Waals surface area contributed by atoms with Crippen molar-refractivity contribution in [3.8, 4) is 11.5 Å². The van der Waals surface area contributed by atoms with Crippen LogP contribution in [0, 0.1) is 0 Å². The highest BCUT2D eigenvalue weighted by Crippen LogP contribution is 2.19. The fourth-order valence-electron chi connectivity index (χ4n) is 1.45. The number of aliphatic hydroxyl groups excluding tert-OH is 1. The van der Waals surface area contributed by atoms with Gasteiger partial charge < -0.3 is 19.6 Å². The van der Waals surface area contributed by atoms with Crippen molar-refractivity contribution in [1.82, 2.24) is 10.2 Å². The van der Waals surface area contributed by atoms with Crippen LogP contribution in [0.2, 0.25) is 0 Å². The van der Waals surface area contributed by atoms with Crippen LogP contribution in [0.15, 0.2) is 34.7 Å². The third kappa shape index (κ3) is 3.08. The maximum absolute atomic E-state index is 11.3. The van der Waals surface area contributed by atoms with Gasteiger partial charge in [0.2, 0.25) is 5.89 Å². The van der Waals surface area contributed by atoms with Gasteiger partial charge in [-0.25, -0.2) is 4.79 Å². The molecule has 0 saturated carbocycles. The van der Waals surface area contributed by atoms with Gasteiger partial charge in [-0.15, -0.1) is 5.10 Å². The van der Waals surface area contributed by atoms with E-state index in [0.29, 0.717) is 5.89 Å². The number of benzene rings is 1. The van der Waals surface area contributed by atoms with Crippen molar-refractivity contribution in [2.45, 2.75) is 6.04 Å². The van der Waals surface area contributed by atoms with E-state index >= 15 is 0 Å². The third-order valence-electron chi connectivity index (χ3n) is 2.41. The first-order valence-electron chi connectivity index (χ1n) is 5.58. The van der Waals surface area contributed by atoms with Gasteiger partial charge in [-0.1, -0.05) is 23.3 Å². The van der Waals surface area contributed by atoms with E-state index in [9.17, 15) is 4.79 Å². The Kier molecular flexibility index (Phi) is 4.09. The minimum atomic E-state index is -0.936. The molecule has 7 nitrogen and oxygen atoms in total. The fourth-order valence-corrected chi connectivity index (χ4v) is 1.45. The molecule has 0 unspecified atom stereocenters. The molecule has 2 rings (SSSR count). The summed E-state index contributed by atoms with van der Waals surface area (Å²) in [7, 11) is 1.23. The quantitative estimate of drug-likeness (QED) is 0.765. The summed E-state index contributed by atoms with van der Waals surface area (Å²) < 4.78 is 9.86. The number of esters is 1. The number of aliphatic hydroxyl groups is 1. The maximum Gasteiger partial charge on any atom is 0.330 e. The molecule has 100 valence electrons. The molecule has 2 aromatic rings. The second kappa shape index (κ2) is 5.96. The number of carbonyl (C=O) groups is 1. The van der Waals surface area contributed by atoms with Gasteiger partial charge in [-0.2, -0.15) is 0 Å². The van der Waals surface area contributed by atoms with Crippen molar-refractivity contribution in [1.29, 1.82) is 0 Å². The van der Waals surface area contributed by atoms with Crippen LogP contribution in [-0.4, -0.2) is 41.0 Å². The molecule has 0 radical (unpaired) electrons. The van der Waals surface area contributed by atoms with Crippen LogP contribution in [0.3, 0.4) is 0 Å². The predicted octanol–water partition coefficient (Wildman–Crippen LogP) is 0.682. The average Bonchev–Trinajstić information content (AvgIpc) is 2.93. The summed E-state index contributed by atoms with van der Waals surface area (Å²) in [5, 5.41) is 19.3. The Balaban J connectivity index is 2.11. The Hall–Kier alpha value is -2.41. The molecule has 1 aromatic carbocycles. The van der Waals surface area contributed by atoms with Crippen molar-refractivity contribution in [3.05, 3.63) is 30.3 Å². The second-order valence-electron chi connectivity index (χ2n) is 3.68. The van der Waals surface area contributed by atoms with Gasteiger partial charge in [0.25, 0.3) is 0 Å². The lowest BCUT2D eigenvalue weighted by atomic mass is 10.2. The molecule has 2 N–H and O–H groups in total. The van der Waals surface area contributed by atoms with E-state index in [0.717, 1.165) is 5.56 Å². The molecule has 7 heteroatoms. The number of aromatic nitrogens is 2. The Morgan fingerprint density at radius 2 is 2.16 bits per heavy atom. The standard InChI is InChI=1S/C12H13N3O4/c1-18-11(17)9(7-16)13-12-15-14-10(19-12)8-5-3-2-4-6-8/h2-6,9,16H,7H2,1H3,(H,13,15)/t9-/m1/s1. The summed E-state index contributed by atoms with van der Waals surface area (Å²) in [5.74, 6) is -0.286. The van der Waals surface area contributed by atoms with E-state index in [4.69, 9.17) is 9.52 Å². The monoisotopic (exact) mass is 263 g/mol. The number of ether oxygens (including phenoxy) is 1. The molecule has 19 heavy (non-hydrogen) atoms. The van der Waals surface area contributed by atoms with Crippen molar-refractivity contribution in [2.24, 2.45) is 0 Å². The topological polar surface area (TPSA) is 97.5 Å². The molecule has 0 bridgehead atoms. The highest BCUT2D eigenvalue weighted by atomic mass is 16.5. The first kappa shape index (κ1) is 13.0. The lowest BCUT2D eigenvalue weighted by Gasteiger charge is -2.10. The van der Waals surface area contributed by atoms with Crippen LogP contribution in [-0.2, 0) is 9.53 Å². The van der Waals surface area contributed by atoms with Gasteiger partial charge in [-0.3, -0.25) is 0 Å². The smallest absolute Gasteiger partial charge is 0.330 e. The van der Waals surface area contributed by atoms with Crippen molar-refractivity contribution in [2.75, 3.05) is 19.0 Å². The van der Waals surface area contributed by atoms with Gasteiger partial charge in [0.1, 0.15) is 0 Å². The van der Waals surface area contributed by atoms with Crippen LogP contribution >= 0.6 is 0 Å². The minimum Gasteiger partial charge on any atom is -0.467 e. The molecule has 0 aliphatic heterocycles. The molecule has 0 spiro atoms. The van der Waals surface area contributed by atoms with E-state index in [1.54, 1.807) is 0 Å². The summed E-state index contributed by atoms with van der Waals surface area (Å²) in [6.07, 6.45) is 0. The fraction of sp³-hybridized carbons (Fsp3) is 0.250. The maximum atomic E-state index is 11.3. The lowest BCUT2D eigenvalue weighted by Crippen LogP contribution is -2.34. The van der Waals surface area contributed by atoms with E-state index in [-0.39, 0.29) is 6.01 Å². The Morgan fingerprint density at radius 3 is 2.79 bits per heavy atom. The Labute approximate surface area is 109 Å². The van der Waals surface area contributed by atoms with Gasteiger partial charge in [0, 0.05) is 5.56 Å². The highest BCUT2D eigenvalue weighted by Gasteiger charge is 2.20. The number of methoxy groups -OCH3 is 1.